The molecule has 2 atom stereocenters. The Labute approximate surface area is 129 Å². The van der Waals surface area contributed by atoms with Gasteiger partial charge < -0.3 is 0 Å². The average Bonchev–Trinajstić information content (AvgIpc) is 3.26. The van der Waals surface area contributed by atoms with Crippen LogP contribution in [0.1, 0.15) is 51.0 Å². The zero-order valence-corrected chi connectivity index (χ0v) is 12.9. The minimum absolute atomic E-state index is 0.0186. The van der Waals surface area contributed by atoms with Gasteiger partial charge in [0.05, 0.1) is 0 Å². The lowest BCUT2D eigenvalue weighted by molar-refractivity contribution is -0.178. The Hall–Kier alpha value is -1.07. The predicted octanol–water partition coefficient (Wildman–Crippen LogP) is 4.58. The van der Waals surface area contributed by atoms with Crippen LogP contribution in [0, 0.1) is 5.92 Å². The molecule has 1 aromatic carbocycles. The lowest BCUT2D eigenvalue weighted by atomic mass is 9.83. The quantitative estimate of drug-likeness (QED) is 0.823. The lowest BCUT2D eigenvalue weighted by Gasteiger charge is -2.30. The molecule has 22 heavy (non-hydrogen) atoms. The number of nitrogens with one attached hydrogen (secondary N) is 1. The van der Waals surface area contributed by atoms with E-state index in [-0.39, 0.29) is 11.6 Å². The Morgan fingerprint density at radius 3 is 2.32 bits per heavy atom. The van der Waals surface area contributed by atoms with Crippen LogP contribution >= 0.6 is 0 Å². The molecule has 5 heteroatoms. The standard InChI is InChI=1S/C17H23F3N2/c1-2-6-13-9-11-15(12-10-13)22-16(21-22,17(18,19)20)14-7-4-3-5-8-14/h3-5,7-8,13,15,21H,2,6,9-12H2,1H3. The molecule has 2 aliphatic rings. The summed E-state index contributed by atoms with van der Waals surface area (Å²) < 4.78 is 41.0. The summed E-state index contributed by atoms with van der Waals surface area (Å²) in [5, 5.41) is 1.45. The van der Waals surface area contributed by atoms with Crippen LogP contribution in [0.5, 0.6) is 0 Å². The molecule has 0 aromatic heterocycles. The van der Waals surface area contributed by atoms with E-state index >= 15 is 0 Å². The summed E-state index contributed by atoms with van der Waals surface area (Å²) in [5.41, 5.74) is 0.978. The first-order chi connectivity index (χ1) is 10.5. The third-order valence-electron chi connectivity index (χ3n) is 5.07. The molecule has 1 heterocycles. The van der Waals surface area contributed by atoms with Crippen molar-refractivity contribution >= 4 is 0 Å². The number of hydrazine groups is 1. The zero-order valence-electron chi connectivity index (χ0n) is 12.9. The molecule has 1 saturated heterocycles. The topological polar surface area (TPSA) is 25.0 Å². The predicted molar refractivity (Wildman–Crippen MR) is 79.8 cm³/mol. The Balaban J connectivity index is 1.74. The zero-order chi connectivity index (χ0) is 15.8. The van der Waals surface area contributed by atoms with Gasteiger partial charge in [0.1, 0.15) is 0 Å². The van der Waals surface area contributed by atoms with Gasteiger partial charge >= 0.3 is 6.18 Å². The van der Waals surface area contributed by atoms with Crippen molar-refractivity contribution < 1.29 is 13.2 Å². The van der Waals surface area contributed by atoms with Crippen molar-refractivity contribution in [3.05, 3.63) is 35.9 Å². The van der Waals surface area contributed by atoms with E-state index in [0.29, 0.717) is 5.92 Å². The highest BCUT2D eigenvalue weighted by Gasteiger charge is 2.72. The minimum Gasteiger partial charge on any atom is -0.219 e. The van der Waals surface area contributed by atoms with Crippen LogP contribution in [0.4, 0.5) is 13.2 Å². The maximum absolute atomic E-state index is 13.7. The van der Waals surface area contributed by atoms with E-state index in [2.05, 4.69) is 12.3 Å². The van der Waals surface area contributed by atoms with Gasteiger partial charge in [0.25, 0.3) is 0 Å². The molecule has 0 spiro atoms. The van der Waals surface area contributed by atoms with Gasteiger partial charge in [-0.25, -0.2) is 10.4 Å². The maximum Gasteiger partial charge on any atom is 0.426 e. The highest BCUT2D eigenvalue weighted by Crippen LogP contribution is 2.52. The largest absolute Gasteiger partial charge is 0.426 e. The summed E-state index contributed by atoms with van der Waals surface area (Å²) in [6, 6.07) is 8.18. The first-order valence-corrected chi connectivity index (χ1v) is 8.18. The van der Waals surface area contributed by atoms with Gasteiger partial charge in [-0.15, -0.1) is 0 Å². The van der Waals surface area contributed by atoms with Crippen molar-refractivity contribution in [3.63, 3.8) is 0 Å². The van der Waals surface area contributed by atoms with Crippen molar-refractivity contribution in [1.82, 2.24) is 10.4 Å². The molecule has 2 nitrogen and oxygen atoms in total. The number of rotatable bonds is 4. The molecule has 0 radical (unpaired) electrons. The summed E-state index contributed by atoms with van der Waals surface area (Å²) in [6.07, 6.45) is 1.83. The van der Waals surface area contributed by atoms with Crippen molar-refractivity contribution in [2.24, 2.45) is 5.92 Å². The third kappa shape index (κ3) is 2.65. The van der Waals surface area contributed by atoms with Crippen LogP contribution in [0.25, 0.3) is 0 Å². The number of hydrogen-bond acceptors (Lipinski definition) is 2. The Morgan fingerprint density at radius 2 is 1.77 bits per heavy atom. The molecule has 1 aliphatic heterocycles. The first-order valence-electron chi connectivity index (χ1n) is 8.18. The highest BCUT2D eigenvalue weighted by atomic mass is 19.4. The third-order valence-corrected chi connectivity index (χ3v) is 5.07. The number of halogens is 3. The van der Waals surface area contributed by atoms with Gasteiger partial charge in [-0.05, 0) is 37.2 Å². The van der Waals surface area contributed by atoms with Gasteiger partial charge in [0, 0.05) is 6.04 Å². The molecule has 0 amide bonds. The average molecular weight is 312 g/mol. The fourth-order valence-corrected chi connectivity index (χ4v) is 3.86. The highest BCUT2D eigenvalue weighted by molar-refractivity contribution is 5.31. The SMILES string of the molecule is CCCC1CCC(N2NC2(c2ccccc2)C(F)(F)F)CC1. The lowest BCUT2D eigenvalue weighted by Crippen LogP contribution is -2.39. The van der Waals surface area contributed by atoms with Crippen LogP contribution in [0.3, 0.4) is 0 Å². The Kier molecular flexibility index (Phi) is 4.21. The number of alkyl halides is 3. The molecule has 3 rings (SSSR count). The smallest absolute Gasteiger partial charge is 0.219 e. The number of benzene rings is 1. The van der Waals surface area contributed by atoms with E-state index in [1.165, 1.54) is 11.4 Å². The van der Waals surface area contributed by atoms with Crippen LogP contribution in [0.2, 0.25) is 0 Å². The molecular formula is C17H23F3N2. The van der Waals surface area contributed by atoms with Crippen LogP contribution < -0.4 is 5.43 Å². The first kappa shape index (κ1) is 15.8. The van der Waals surface area contributed by atoms with Gasteiger partial charge in [0.2, 0.25) is 5.66 Å². The van der Waals surface area contributed by atoms with E-state index in [9.17, 15) is 13.2 Å². The van der Waals surface area contributed by atoms with E-state index in [1.54, 1.807) is 30.3 Å². The summed E-state index contributed by atoms with van der Waals surface area (Å²) in [4.78, 5) is 0. The second-order valence-corrected chi connectivity index (χ2v) is 6.52. The maximum atomic E-state index is 13.7. The van der Waals surface area contributed by atoms with E-state index < -0.39 is 11.8 Å². The molecule has 0 bridgehead atoms. The monoisotopic (exact) mass is 312 g/mol. The van der Waals surface area contributed by atoms with Gasteiger partial charge in [-0.3, -0.25) is 0 Å². The summed E-state index contributed by atoms with van der Waals surface area (Å²) >= 11 is 0. The van der Waals surface area contributed by atoms with Gasteiger partial charge in [-0.2, -0.15) is 13.2 Å². The Bertz CT molecular complexity index is 494. The molecular weight excluding hydrogens is 289 g/mol. The molecule has 2 fully saturated rings. The fraction of sp³-hybridized carbons (Fsp3) is 0.647. The van der Waals surface area contributed by atoms with Gasteiger partial charge in [-0.1, -0.05) is 50.1 Å². The molecule has 1 N–H and O–H groups in total. The van der Waals surface area contributed by atoms with Gasteiger partial charge in [0.15, 0.2) is 0 Å². The summed E-state index contributed by atoms with van der Waals surface area (Å²) in [5.74, 6) is 0.693. The second kappa shape index (κ2) is 5.85. The van der Waals surface area contributed by atoms with Crippen molar-refractivity contribution in [1.29, 1.82) is 0 Å². The van der Waals surface area contributed by atoms with E-state index in [1.807, 2.05) is 0 Å². The Morgan fingerprint density at radius 1 is 1.14 bits per heavy atom. The molecule has 1 aliphatic carbocycles. The molecule has 1 saturated carbocycles. The van der Waals surface area contributed by atoms with Crippen LogP contribution in [-0.2, 0) is 5.66 Å². The molecule has 122 valence electrons. The fourth-order valence-electron chi connectivity index (χ4n) is 3.86. The van der Waals surface area contributed by atoms with E-state index in [4.69, 9.17) is 0 Å². The molecule has 2 unspecified atom stereocenters. The second-order valence-electron chi connectivity index (χ2n) is 6.52. The number of hydrogen-bond donors (Lipinski definition) is 1. The molecule has 1 aromatic rings. The minimum atomic E-state index is -4.31. The van der Waals surface area contributed by atoms with E-state index in [0.717, 1.165) is 32.1 Å². The number of nitrogens with zero attached hydrogens (tertiary/aromatic N) is 1. The van der Waals surface area contributed by atoms with Crippen LogP contribution in [-0.4, -0.2) is 17.2 Å². The summed E-state index contributed by atoms with van der Waals surface area (Å²) in [7, 11) is 0. The van der Waals surface area contributed by atoms with Crippen molar-refractivity contribution in [2.75, 3.05) is 0 Å². The summed E-state index contributed by atoms with van der Waals surface area (Å²) in [6.45, 7) is 2.17. The normalized spacial score (nSPS) is 35.4. The van der Waals surface area contributed by atoms with Crippen molar-refractivity contribution in [3.8, 4) is 0 Å². The van der Waals surface area contributed by atoms with Crippen LogP contribution in [0.15, 0.2) is 30.3 Å². The van der Waals surface area contributed by atoms with Crippen molar-refractivity contribution in [2.45, 2.75) is 63.3 Å².